The van der Waals surface area contributed by atoms with Crippen molar-refractivity contribution in [1.29, 1.82) is 0 Å². The number of halogens is 6. The van der Waals surface area contributed by atoms with Crippen LogP contribution in [0.15, 0.2) is 58.3 Å². The lowest BCUT2D eigenvalue weighted by Gasteiger charge is -2.12. The largest absolute Gasteiger partial charge is 0.416 e. The van der Waals surface area contributed by atoms with E-state index in [2.05, 4.69) is 0 Å². The number of anilines is 1. The van der Waals surface area contributed by atoms with E-state index in [0.717, 1.165) is 36.4 Å². The van der Waals surface area contributed by atoms with Crippen molar-refractivity contribution in [3.63, 3.8) is 0 Å². The normalized spacial score (nSPS) is 13.3. The monoisotopic (exact) mass is 462 g/mol. The molecular weight excluding hydrogens is 450 g/mol. The highest BCUT2D eigenvalue weighted by Gasteiger charge is 2.31. The summed E-state index contributed by atoms with van der Waals surface area (Å²) >= 11 is 0. The molecule has 0 fully saturated rings. The third kappa shape index (κ3) is 6.33. The number of sulfonamides is 2. The molecule has 0 amide bonds. The van der Waals surface area contributed by atoms with Crippen molar-refractivity contribution in [1.82, 2.24) is 4.72 Å². The summed E-state index contributed by atoms with van der Waals surface area (Å²) in [6.45, 7) is -1.78. The van der Waals surface area contributed by atoms with Crippen molar-refractivity contribution in [3.8, 4) is 0 Å². The lowest BCUT2D eigenvalue weighted by atomic mass is 10.2. The van der Waals surface area contributed by atoms with E-state index in [9.17, 15) is 43.2 Å². The summed E-state index contributed by atoms with van der Waals surface area (Å²) in [5, 5.41) is 0. The molecule has 2 rings (SSSR count). The SMILES string of the molecule is O=S(=O)(NCC(F)(F)F)c1ccc(NS(=O)(=O)c2ccc(C(F)(F)F)cc2)cc1. The molecule has 2 aromatic carbocycles. The fourth-order valence-corrected chi connectivity index (χ4v) is 4.07. The first kappa shape index (κ1) is 23.0. The maximum atomic E-state index is 12.5. The Labute approximate surface area is 161 Å². The summed E-state index contributed by atoms with van der Waals surface area (Å²) in [6, 6.07) is 6.32. The molecule has 0 bridgehead atoms. The first-order valence-electron chi connectivity index (χ1n) is 7.47. The molecule has 2 N–H and O–H groups in total. The summed E-state index contributed by atoms with van der Waals surface area (Å²) in [5.41, 5.74) is -1.20. The lowest BCUT2D eigenvalue weighted by Crippen LogP contribution is -2.33. The van der Waals surface area contributed by atoms with Gasteiger partial charge in [0.15, 0.2) is 0 Å². The second kappa shape index (κ2) is 7.84. The van der Waals surface area contributed by atoms with Gasteiger partial charge >= 0.3 is 12.4 Å². The van der Waals surface area contributed by atoms with E-state index < -0.39 is 54.3 Å². The minimum atomic E-state index is -4.76. The minimum absolute atomic E-state index is 0.153. The van der Waals surface area contributed by atoms with Crippen LogP contribution >= 0.6 is 0 Å². The molecule has 0 spiro atoms. The molecule has 0 saturated carbocycles. The number of rotatable bonds is 6. The predicted molar refractivity (Wildman–Crippen MR) is 89.9 cm³/mol. The van der Waals surface area contributed by atoms with Gasteiger partial charge in [-0.05, 0) is 48.5 Å². The maximum Gasteiger partial charge on any atom is 0.416 e. The van der Waals surface area contributed by atoms with E-state index in [4.69, 9.17) is 0 Å². The van der Waals surface area contributed by atoms with E-state index >= 15 is 0 Å². The summed E-state index contributed by atoms with van der Waals surface area (Å²) in [4.78, 5) is -1.02. The van der Waals surface area contributed by atoms with Gasteiger partial charge in [-0.2, -0.15) is 26.3 Å². The van der Waals surface area contributed by atoms with E-state index in [1.54, 1.807) is 0 Å². The molecule has 160 valence electrons. The van der Waals surface area contributed by atoms with Crippen LogP contribution in [0.5, 0.6) is 0 Å². The third-order valence-corrected chi connectivity index (χ3v) is 6.19. The molecule has 0 aliphatic heterocycles. The highest BCUT2D eigenvalue weighted by atomic mass is 32.2. The number of hydrogen-bond acceptors (Lipinski definition) is 4. The standard InChI is InChI=1S/C15H12F6N2O4S2/c16-14(17,18)9-22-28(24,25)12-7-3-11(4-8-12)23-29(26,27)13-5-1-10(2-6-13)15(19,20)21/h1-8,22-23H,9H2. The van der Waals surface area contributed by atoms with E-state index in [1.165, 1.54) is 4.72 Å². The Balaban J connectivity index is 2.16. The molecule has 0 aliphatic rings. The highest BCUT2D eigenvalue weighted by molar-refractivity contribution is 7.92. The van der Waals surface area contributed by atoms with Gasteiger partial charge in [0.1, 0.15) is 6.54 Å². The molecule has 0 radical (unpaired) electrons. The van der Waals surface area contributed by atoms with Crippen molar-refractivity contribution in [2.24, 2.45) is 0 Å². The Bertz CT molecular complexity index is 1060. The molecule has 0 unspecified atom stereocenters. The van der Waals surface area contributed by atoms with Gasteiger partial charge < -0.3 is 0 Å². The van der Waals surface area contributed by atoms with Crippen LogP contribution in [0, 0.1) is 0 Å². The van der Waals surface area contributed by atoms with Crippen molar-refractivity contribution < 1.29 is 43.2 Å². The number of benzene rings is 2. The van der Waals surface area contributed by atoms with Crippen LogP contribution in [0.1, 0.15) is 5.56 Å². The van der Waals surface area contributed by atoms with Crippen molar-refractivity contribution in [2.75, 3.05) is 11.3 Å². The maximum absolute atomic E-state index is 12.5. The number of nitrogens with one attached hydrogen (secondary N) is 2. The van der Waals surface area contributed by atoms with Gasteiger partial charge in [0.2, 0.25) is 10.0 Å². The highest BCUT2D eigenvalue weighted by Crippen LogP contribution is 2.30. The van der Waals surface area contributed by atoms with Gasteiger partial charge in [-0.1, -0.05) is 0 Å². The van der Waals surface area contributed by atoms with Crippen LogP contribution in [-0.2, 0) is 26.2 Å². The summed E-state index contributed by atoms with van der Waals surface area (Å²) < 4.78 is 125. The average Bonchev–Trinajstić information content (AvgIpc) is 2.59. The average molecular weight is 462 g/mol. The molecule has 0 aliphatic carbocycles. The molecule has 29 heavy (non-hydrogen) atoms. The van der Waals surface area contributed by atoms with Crippen molar-refractivity contribution in [2.45, 2.75) is 22.1 Å². The van der Waals surface area contributed by atoms with Gasteiger partial charge in [-0.15, -0.1) is 0 Å². The first-order valence-corrected chi connectivity index (χ1v) is 10.4. The van der Waals surface area contributed by atoms with Crippen LogP contribution in [0.25, 0.3) is 0 Å². The van der Waals surface area contributed by atoms with Crippen LogP contribution in [0.2, 0.25) is 0 Å². The Kier molecular flexibility index (Phi) is 6.20. The molecule has 2 aromatic rings. The summed E-state index contributed by atoms with van der Waals surface area (Å²) in [6.07, 6.45) is -9.40. The molecule has 0 aromatic heterocycles. The molecule has 0 atom stereocenters. The van der Waals surface area contributed by atoms with Crippen LogP contribution in [-0.4, -0.2) is 29.6 Å². The van der Waals surface area contributed by atoms with Crippen LogP contribution < -0.4 is 9.44 Å². The zero-order valence-electron chi connectivity index (χ0n) is 14.0. The smallest absolute Gasteiger partial charge is 0.280 e. The molecular formula is C15H12F6N2O4S2. The molecule has 0 heterocycles. The minimum Gasteiger partial charge on any atom is -0.280 e. The fourth-order valence-electron chi connectivity index (χ4n) is 2.00. The van der Waals surface area contributed by atoms with E-state index in [1.807, 2.05) is 4.72 Å². The second-order valence-corrected chi connectivity index (χ2v) is 9.04. The van der Waals surface area contributed by atoms with Gasteiger partial charge in [0, 0.05) is 5.69 Å². The Morgan fingerprint density at radius 1 is 0.690 bits per heavy atom. The summed E-state index contributed by atoms with van der Waals surface area (Å²) in [7, 11) is -8.76. The zero-order chi connectivity index (χ0) is 22.1. The quantitative estimate of drug-likeness (QED) is 0.645. The van der Waals surface area contributed by atoms with Crippen molar-refractivity contribution >= 4 is 25.7 Å². The second-order valence-electron chi connectivity index (χ2n) is 5.59. The fraction of sp³-hybridized carbons (Fsp3) is 0.200. The Morgan fingerprint density at radius 2 is 1.14 bits per heavy atom. The lowest BCUT2D eigenvalue weighted by molar-refractivity contribution is -0.137. The Morgan fingerprint density at radius 3 is 1.59 bits per heavy atom. The van der Waals surface area contributed by atoms with Crippen LogP contribution in [0.4, 0.5) is 32.0 Å². The summed E-state index contributed by atoms with van der Waals surface area (Å²) in [5.74, 6) is 0. The van der Waals surface area contributed by atoms with Crippen LogP contribution in [0.3, 0.4) is 0 Å². The predicted octanol–water partition coefficient (Wildman–Crippen LogP) is 3.35. The number of hydrogen-bond donors (Lipinski definition) is 2. The third-order valence-electron chi connectivity index (χ3n) is 3.37. The molecule has 0 saturated heterocycles. The van der Waals surface area contributed by atoms with Crippen molar-refractivity contribution in [3.05, 3.63) is 54.1 Å². The zero-order valence-corrected chi connectivity index (χ0v) is 15.7. The van der Waals surface area contributed by atoms with E-state index in [0.29, 0.717) is 12.1 Å². The van der Waals surface area contributed by atoms with Gasteiger partial charge in [0.05, 0.1) is 15.4 Å². The van der Waals surface area contributed by atoms with E-state index in [-0.39, 0.29) is 5.69 Å². The molecule has 14 heteroatoms. The molecule has 6 nitrogen and oxygen atoms in total. The first-order chi connectivity index (χ1) is 13.1. The van der Waals surface area contributed by atoms with Gasteiger partial charge in [-0.25, -0.2) is 21.6 Å². The Hall–Kier alpha value is -2.32. The van der Waals surface area contributed by atoms with Gasteiger partial charge in [0.25, 0.3) is 10.0 Å². The number of alkyl halides is 6. The van der Waals surface area contributed by atoms with Gasteiger partial charge in [-0.3, -0.25) is 4.72 Å². The topological polar surface area (TPSA) is 92.3 Å².